The minimum Gasteiger partial charge on any atom is -0.468 e. The summed E-state index contributed by atoms with van der Waals surface area (Å²) in [6, 6.07) is 8.01. The topological polar surface area (TPSA) is 86.8 Å². The maximum atomic E-state index is 12.4. The van der Waals surface area contributed by atoms with Crippen molar-refractivity contribution in [3.63, 3.8) is 0 Å². The van der Waals surface area contributed by atoms with Crippen LogP contribution in [0, 0.1) is 0 Å². The summed E-state index contributed by atoms with van der Waals surface area (Å²) in [6.07, 6.45) is -0.856. The first-order valence-corrected chi connectivity index (χ1v) is 7.50. The number of pyridine rings is 1. The fraction of sp³-hybridized carbons (Fsp3) is 0.235. The van der Waals surface area contributed by atoms with E-state index in [0.717, 1.165) is 17.7 Å². The summed E-state index contributed by atoms with van der Waals surface area (Å²) < 4.78 is 42.4. The molecule has 9 heteroatoms. The smallest absolute Gasteiger partial charge is 0.416 e. The lowest BCUT2D eigenvalue weighted by molar-refractivity contribution is -0.137. The number of aromatic nitrogens is 1. The number of amides is 1. The third kappa shape index (κ3) is 6.42. The first-order valence-electron chi connectivity index (χ1n) is 7.50. The van der Waals surface area contributed by atoms with Gasteiger partial charge < -0.3 is 15.3 Å². The van der Waals surface area contributed by atoms with Gasteiger partial charge in [0.25, 0.3) is 5.91 Å². The number of benzene rings is 1. The molecule has 1 aromatic carbocycles. The van der Waals surface area contributed by atoms with Gasteiger partial charge in [-0.1, -0.05) is 23.4 Å². The van der Waals surface area contributed by atoms with E-state index in [1.165, 1.54) is 18.3 Å². The second kappa shape index (κ2) is 8.84. The van der Waals surface area contributed by atoms with Gasteiger partial charge in [-0.3, -0.25) is 4.79 Å². The number of alkyl halides is 3. The molecule has 2 N–H and O–H groups in total. The SMILES string of the molecule is NC(=O)COc1ccc(CC=NOCc2ccc(C(F)(F)F)cc2)cn1. The average Bonchev–Trinajstić information content (AvgIpc) is 2.60. The van der Waals surface area contributed by atoms with E-state index in [2.05, 4.69) is 10.1 Å². The number of carbonyl (C=O) groups excluding carboxylic acids is 1. The van der Waals surface area contributed by atoms with Gasteiger partial charge >= 0.3 is 6.18 Å². The van der Waals surface area contributed by atoms with Gasteiger partial charge in [0, 0.05) is 24.9 Å². The number of carbonyl (C=O) groups is 1. The third-order valence-electron chi connectivity index (χ3n) is 3.15. The number of nitrogens with two attached hydrogens (primary N) is 1. The van der Waals surface area contributed by atoms with Crippen molar-refractivity contribution in [2.45, 2.75) is 19.2 Å². The van der Waals surface area contributed by atoms with Gasteiger partial charge in [0.1, 0.15) is 6.61 Å². The van der Waals surface area contributed by atoms with Gasteiger partial charge in [-0.05, 0) is 23.3 Å². The Hall–Kier alpha value is -3.10. The normalized spacial score (nSPS) is 11.5. The zero-order valence-electron chi connectivity index (χ0n) is 13.6. The van der Waals surface area contributed by atoms with E-state index >= 15 is 0 Å². The Balaban J connectivity index is 1.74. The van der Waals surface area contributed by atoms with Crippen LogP contribution in [0.2, 0.25) is 0 Å². The number of primary amides is 1. The summed E-state index contributed by atoms with van der Waals surface area (Å²) in [5.41, 5.74) is 5.66. The van der Waals surface area contributed by atoms with Gasteiger partial charge in [-0.25, -0.2) is 4.98 Å². The largest absolute Gasteiger partial charge is 0.468 e. The minimum atomic E-state index is -4.36. The van der Waals surface area contributed by atoms with Gasteiger partial charge in [0.15, 0.2) is 6.61 Å². The summed E-state index contributed by atoms with van der Waals surface area (Å²) >= 11 is 0. The molecule has 0 aliphatic heterocycles. The Morgan fingerprint density at radius 1 is 1.15 bits per heavy atom. The lowest BCUT2D eigenvalue weighted by atomic mass is 10.1. The molecule has 138 valence electrons. The van der Waals surface area contributed by atoms with Crippen LogP contribution in [0.5, 0.6) is 5.88 Å². The summed E-state index contributed by atoms with van der Waals surface area (Å²) in [6.45, 7) is -0.182. The highest BCUT2D eigenvalue weighted by Crippen LogP contribution is 2.29. The molecule has 1 aromatic heterocycles. The molecule has 1 amide bonds. The van der Waals surface area contributed by atoms with Crippen molar-refractivity contribution in [2.75, 3.05) is 6.61 Å². The Morgan fingerprint density at radius 3 is 2.42 bits per heavy atom. The van der Waals surface area contributed by atoms with Crippen molar-refractivity contribution in [3.8, 4) is 5.88 Å². The molecule has 26 heavy (non-hydrogen) atoms. The molecule has 0 saturated heterocycles. The summed E-state index contributed by atoms with van der Waals surface area (Å²) in [4.78, 5) is 19.6. The Kier molecular flexibility index (Phi) is 6.54. The minimum absolute atomic E-state index is 0.0623. The molecule has 2 rings (SSSR count). The number of ether oxygens (including phenoxy) is 1. The highest BCUT2D eigenvalue weighted by atomic mass is 19.4. The van der Waals surface area contributed by atoms with E-state index in [9.17, 15) is 18.0 Å². The molecule has 0 aliphatic rings. The number of hydrogen-bond acceptors (Lipinski definition) is 5. The lowest BCUT2D eigenvalue weighted by Gasteiger charge is -2.07. The van der Waals surface area contributed by atoms with Crippen LogP contribution >= 0.6 is 0 Å². The molecular formula is C17H16F3N3O3. The molecule has 2 aromatic rings. The van der Waals surface area contributed by atoms with Crippen molar-refractivity contribution in [1.82, 2.24) is 4.98 Å². The Labute approximate surface area is 147 Å². The number of rotatable bonds is 8. The van der Waals surface area contributed by atoms with Crippen LogP contribution in [0.1, 0.15) is 16.7 Å². The van der Waals surface area contributed by atoms with Gasteiger partial charge in [0.2, 0.25) is 5.88 Å². The van der Waals surface area contributed by atoms with Crippen LogP contribution in [-0.2, 0) is 28.8 Å². The summed E-state index contributed by atoms with van der Waals surface area (Å²) in [5, 5.41) is 3.75. The van der Waals surface area contributed by atoms with E-state index in [0.29, 0.717) is 12.0 Å². The first kappa shape index (κ1) is 19.2. The monoisotopic (exact) mass is 367 g/mol. The van der Waals surface area contributed by atoms with Crippen molar-refractivity contribution >= 4 is 12.1 Å². The number of halogens is 3. The maximum Gasteiger partial charge on any atom is 0.416 e. The average molecular weight is 367 g/mol. The molecule has 0 atom stereocenters. The van der Waals surface area contributed by atoms with Crippen LogP contribution in [-0.4, -0.2) is 23.7 Å². The highest BCUT2D eigenvalue weighted by molar-refractivity contribution is 5.75. The molecule has 0 spiro atoms. The molecule has 0 radical (unpaired) electrons. The quantitative estimate of drug-likeness (QED) is 0.574. The molecular weight excluding hydrogens is 351 g/mol. The fourth-order valence-electron chi connectivity index (χ4n) is 1.86. The van der Waals surface area contributed by atoms with E-state index in [-0.39, 0.29) is 19.1 Å². The maximum absolute atomic E-state index is 12.4. The molecule has 6 nitrogen and oxygen atoms in total. The Bertz CT molecular complexity index is 745. The number of oxime groups is 1. The standard InChI is InChI=1S/C17H16F3N3O3/c18-17(19,20)14-4-1-13(2-5-14)10-26-23-8-7-12-3-6-16(22-9-12)25-11-15(21)24/h1-6,8-9H,7,10-11H2,(H2,21,24). The van der Waals surface area contributed by atoms with Crippen molar-refractivity contribution in [2.24, 2.45) is 10.9 Å². The van der Waals surface area contributed by atoms with Crippen LogP contribution in [0.15, 0.2) is 47.8 Å². The fourth-order valence-corrected chi connectivity index (χ4v) is 1.86. The van der Waals surface area contributed by atoms with Crippen molar-refractivity contribution in [3.05, 3.63) is 59.3 Å². The van der Waals surface area contributed by atoms with Crippen molar-refractivity contribution in [1.29, 1.82) is 0 Å². The van der Waals surface area contributed by atoms with Gasteiger partial charge in [-0.2, -0.15) is 13.2 Å². The second-order valence-corrected chi connectivity index (χ2v) is 5.22. The predicted octanol–water partition coefficient (Wildman–Crippen LogP) is 2.71. The predicted molar refractivity (Wildman–Crippen MR) is 87.4 cm³/mol. The Morgan fingerprint density at radius 2 is 1.85 bits per heavy atom. The molecule has 0 aliphatic carbocycles. The highest BCUT2D eigenvalue weighted by Gasteiger charge is 2.29. The van der Waals surface area contributed by atoms with Crippen LogP contribution in [0.25, 0.3) is 0 Å². The number of hydrogen-bond donors (Lipinski definition) is 1. The van der Waals surface area contributed by atoms with Gasteiger partial charge in [0.05, 0.1) is 5.56 Å². The van der Waals surface area contributed by atoms with Crippen LogP contribution < -0.4 is 10.5 Å². The molecule has 0 unspecified atom stereocenters. The zero-order chi connectivity index (χ0) is 19.0. The molecule has 0 fully saturated rings. The molecule has 0 bridgehead atoms. The van der Waals surface area contributed by atoms with Crippen molar-refractivity contribution < 1.29 is 27.5 Å². The third-order valence-corrected chi connectivity index (χ3v) is 3.15. The summed E-state index contributed by atoms with van der Waals surface area (Å²) in [5.74, 6) is -0.309. The van der Waals surface area contributed by atoms with Crippen LogP contribution in [0.3, 0.4) is 0 Å². The first-order chi connectivity index (χ1) is 12.3. The second-order valence-electron chi connectivity index (χ2n) is 5.22. The van der Waals surface area contributed by atoms with E-state index in [4.69, 9.17) is 15.3 Å². The lowest BCUT2D eigenvalue weighted by Crippen LogP contribution is -2.20. The summed E-state index contributed by atoms with van der Waals surface area (Å²) in [7, 11) is 0. The van der Waals surface area contributed by atoms with E-state index < -0.39 is 17.6 Å². The van der Waals surface area contributed by atoms with E-state index in [1.54, 1.807) is 18.3 Å². The van der Waals surface area contributed by atoms with Gasteiger partial charge in [-0.15, -0.1) is 0 Å². The molecule has 0 saturated carbocycles. The molecule has 1 heterocycles. The van der Waals surface area contributed by atoms with E-state index in [1.807, 2.05) is 0 Å². The van der Waals surface area contributed by atoms with Crippen LogP contribution in [0.4, 0.5) is 13.2 Å². The zero-order valence-corrected chi connectivity index (χ0v) is 13.6. The number of nitrogens with zero attached hydrogens (tertiary/aromatic N) is 2.